The van der Waals surface area contributed by atoms with Crippen LogP contribution in [0.15, 0.2) is 42.7 Å². The lowest BCUT2D eigenvalue weighted by Crippen LogP contribution is -1.96. The first-order valence-electron chi connectivity index (χ1n) is 5.56. The van der Waals surface area contributed by atoms with E-state index in [0.29, 0.717) is 0 Å². The topological polar surface area (TPSA) is 24.9 Å². The molecule has 0 aliphatic heterocycles. The van der Waals surface area contributed by atoms with Crippen molar-refractivity contribution in [2.45, 2.75) is 13.8 Å². The third-order valence-corrected chi connectivity index (χ3v) is 2.60. The minimum atomic E-state index is 0.952. The quantitative estimate of drug-likeness (QED) is 0.842. The summed E-state index contributed by atoms with van der Waals surface area (Å²) in [4.78, 5) is 4.04. The predicted molar refractivity (Wildman–Crippen MR) is 68.6 cm³/mol. The van der Waals surface area contributed by atoms with Gasteiger partial charge in [0.2, 0.25) is 0 Å². The maximum absolute atomic E-state index is 4.04. The lowest BCUT2D eigenvalue weighted by Gasteiger charge is -2.09. The van der Waals surface area contributed by atoms with E-state index in [1.165, 1.54) is 22.4 Å². The van der Waals surface area contributed by atoms with Crippen LogP contribution in [0.5, 0.6) is 0 Å². The Morgan fingerprint density at radius 3 is 2.50 bits per heavy atom. The van der Waals surface area contributed by atoms with Gasteiger partial charge in [0.15, 0.2) is 0 Å². The fourth-order valence-corrected chi connectivity index (χ4v) is 1.83. The molecular weight excluding hydrogens is 196 g/mol. The van der Waals surface area contributed by atoms with E-state index >= 15 is 0 Å². The van der Waals surface area contributed by atoms with Gasteiger partial charge in [0.05, 0.1) is 0 Å². The number of aryl methyl sites for hydroxylation is 1. The zero-order valence-corrected chi connectivity index (χ0v) is 9.70. The first-order chi connectivity index (χ1) is 7.81. The van der Waals surface area contributed by atoms with E-state index in [1.807, 2.05) is 24.5 Å². The first-order valence-corrected chi connectivity index (χ1v) is 5.56. The standard InChI is InChI=1S/C14H16N2/c1-3-16-13-4-5-14(11(2)10-13)12-6-8-15-9-7-12/h4-10,16H,3H2,1-2H3. The molecule has 2 nitrogen and oxygen atoms in total. The summed E-state index contributed by atoms with van der Waals surface area (Å²) in [5, 5.41) is 3.31. The van der Waals surface area contributed by atoms with Crippen LogP contribution in [0, 0.1) is 6.92 Å². The molecule has 0 aliphatic rings. The molecule has 0 amide bonds. The Morgan fingerprint density at radius 2 is 1.88 bits per heavy atom. The predicted octanol–water partition coefficient (Wildman–Crippen LogP) is 3.49. The number of aromatic nitrogens is 1. The Morgan fingerprint density at radius 1 is 1.12 bits per heavy atom. The van der Waals surface area contributed by atoms with Gasteiger partial charge in [-0.05, 0) is 54.8 Å². The molecule has 2 heteroatoms. The third kappa shape index (κ3) is 2.22. The van der Waals surface area contributed by atoms with E-state index in [1.54, 1.807) is 0 Å². The molecule has 2 rings (SSSR count). The number of anilines is 1. The zero-order chi connectivity index (χ0) is 11.4. The van der Waals surface area contributed by atoms with E-state index in [9.17, 15) is 0 Å². The summed E-state index contributed by atoms with van der Waals surface area (Å²) in [5.74, 6) is 0. The lowest BCUT2D eigenvalue weighted by atomic mass is 10.0. The molecule has 0 fully saturated rings. The average molecular weight is 212 g/mol. The summed E-state index contributed by atoms with van der Waals surface area (Å²) in [6.45, 7) is 5.19. The second-order valence-corrected chi connectivity index (χ2v) is 3.80. The van der Waals surface area contributed by atoms with E-state index in [4.69, 9.17) is 0 Å². The van der Waals surface area contributed by atoms with Crippen molar-refractivity contribution in [3.8, 4) is 11.1 Å². The molecule has 0 bridgehead atoms. The lowest BCUT2D eigenvalue weighted by molar-refractivity contribution is 1.21. The van der Waals surface area contributed by atoms with Gasteiger partial charge in [0, 0.05) is 24.6 Å². The minimum absolute atomic E-state index is 0.952. The van der Waals surface area contributed by atoms with E-state index in [-0.39, 0.29) is 0 Å². The van der Waals surface area contributed by atoms with Crippen LogP contribution in [0.4, 0.5) is 5.69 Å². The molecule has 82 valence electrons. The largest absolute Gasteiger partial charge is 0.385 e. The van der Waals surface area contributed by atoms with Crippen molar-refractivity contribution in [1.82, 2.24) is 4.98 Å². The highest BCUT2D eigenvalue weighted by molar-refractivity contribution is 5.69. The highest BCUT2D eigenvalue weighted by Crippen LogP contribution is 2.25. The summed E-state index contributed by atoms with van der Waals surface area (Å²) in [7, 11) is 0. The monoisotopic (exact) mass is 212 g/mol. The first kappa shape index (κ1) is 10.7. The van der Waals surface area contributed by atoms with E-state index in [2.05, 4.69) is 42.3 Å². The van der Waals surface area contributed by atoms with Gasteiger partial charge in [-0.25, -0.2) is 0 Å². The minimum Gasteiger partial charge on any atom is -0.385 e. The molecule has 1 aromatic carbocycles. The molecule has 16 heavy (non-hydrogen) atoms. The molecule has 0 saturated carbocycles. The Bertz CT molecular complexity index is 463. The fraction of sp³-hybridized carbons (Fsp3) is 0.214. The number of pyridine rings is 1. The second kappa shape index (κ2) is 4.79. The van der Waals surface area contributed by atoms with Crippen LogP contribution in [0.25, 0.3) is 11.1 Å². The maximum Gasteiger partial charge on any atom is 0.0343 e. The Hall–Kier alpha value is -1.83. The number of rotatable bonds is 3. The van der Waals surface area contributed by atoms with Gasteiger partial charge < -0.3 is 5.32 Å². The zero-order valence-electron chi connectivity index (χ0n) is 9.70. The van der Waals surface area contributed by atoms with Crippen LogP contribution in [0.2, 0.25) is 0 Å². The van der Waals surface area contributed by atoms with Gasteiger partial charge >= 0.3 is 0 Å². The van der Waals surface area contributed by atoms with Crippen molar-refractivity contribution in [2.75, 3.05) is 11.9 Å². The van der Waals surface area contributed by atoms with Crippen LogP contribution in [-0.2, 0) is 0 Å². The summed E-state index contributed by atoms with van der Waals surface area (Å²) in [6.07, 6.45) is 3.65. The van der Waals surface area contributed by atoms with Gasteiger partial charge in [-0.1, -0.05) is 6.07 Å². The molecule has 0 unspecified atom stereocenters. The average Bonchev–Trinajstić information content (AvgIpc) is 2.31. The SMILES string of the molecule is CCNc1ccc(-c2ccncc2)c(C)c1. The van der Waals surface area contributed by atoms with Crippen molar-refractivity contribution < 1.29 is 0 Å². The number of hydrogen-bond donors (Lipinski definition) is 1. The van der Waals surface area contributed by atoms with Crippen molar-refractivity contribution >= 4 is 5.69 Å². The Balaban J connectivity index is 2.37. The maximum atomic E-state index is 4.04. The van der Waals surface area contributed by atoms with Crippen molar-refractivity contribution in [2.24, 2.45) is 0 Å². The summed E-state index contributed by atoms with van der Waals surface area (Å²) >= 11 is 0. The molecule has 0 saturated heterocycles. The Kier molecular flexibility index (Phi) is 3.20. The molecule has 1 N–H and O–H groups in total. The van der Waals surface area contributed by atoms with Gasteiger partial charge in [0.1, 0.15) is 0 Å². The highest BCUT2D eigenvalue weighted by Gasteiger charge is 2.01. The van der Waals surface area contributed by atoms with Crippen molar-refractivity contribution in [1.29, 1.82) is 0 Å². The van der Waals surface area contributed by atoms with Crippen molar-refractivity contribution in [3.63, 3.8) is 0 Å². The van der Waals surface area contributed by atoms with E-state index < -0.39 is 0 Å². The molecule has 2 aromatic rings. The number of nitrogens with zero attached hydrogens (tertiary/aromatic N) is 1. The molecular formula is C14H16N2. The fourth-order valence-electron chi connectivity index (χ4n) is 1.83. The van der Waals surface area contributed by atoms with Crippen LogP contribution in [0.1, 0.15) is 12.5 Å². The van der Waals surface area contributed by atoms with E-state index in [0.717, 1.165) is 6.54 Å². The highest BCUT2D eigenvalue weighted by atomic mass is 14.8. The normalized spacial score (nSPS) is 10.1. The molecule has 0 spiro atoms. The van der Waals surface area contributed by atoms with Crippen molar-refractivity contribution in [3.05, 3.63) is 48.3 Å². The van der Waals surface area contributed by atoms with Gasteiger partial charge in [0.25, 0.3) is 0 Å². The Labute approximate surface area is 96.4 Å². The van der Waals surface area contributed by atoms with Crippen LogP contribution < -0.4 is 5.32 Å². The molecule has 0 atom stereocenters. The number of nitrogens with one attached hydrogen (secondary N) is 1. The van der Waals surface area contributed by atoms with Gasteiger partial charge in [-0.15, -0.1) is 0 Å². The van der Waals surface area contributed by atoms with Crippen LogP contribution in [0.3, 0.4) is 0 Å². The number of hydrogen-bond acceptors (Lipinski definition) is 2. The third-order valence-electron chi connectivity index (χ3n) is 2.60. The summed E-state index contributed by atoms with van der Waals surface area (Å²) in [5.41, 5.74) is 4.95. The molecule has 1 aromatic heterocycles. The second-order valence-electron chi connectivity index (χ2n) is 3.80. The van der Waals surface area contributed by atoms with Crippen LogP contribution in [-0.4, -0.2) is 11.5 Å². The summed E-state index contributed by atoms with van der Waals surface area (Å²) in [6, 6.07) is 10.5. The van der Waals surface area contributed by atoms with Gasteiger partial charge in [-0.2, -0.15) is 0 Å². The molecule has 0 radical (unpaired) electrons. The van der Waals surface area contributed by atoms with Crippen LogP contribution >= 0.6 is 0 Å². The number of benzene rings is 1. The smallest absolute Gasteiger partial charge is 0.0343 e. The summed E-state index contributed by atoms with van der Waals surface area (Å²) < 4.78 is 0. The van der Waals surface area contributed by atoms with Gasteiger partial charge in [-0.3, -0.25) is 4.98 Å². The molecule has 1 heterocycles. The molecule has 0 aliphatic carbocycles.